The summed E-state index contributed by atoms with van der Waals surface area (Å²) in [5.74, 6) is 1.13. The van der Waals surface area contributed by atoms with Crippen LogP contribution in [-0.2, 0) is 13.0 Å². The molecule has 4 heteroatoms. The number of H-pyrrole nitrogens is 1. The van der Waals surface area contributed by atoms with Crippen LogP contribution in [0.4, 0.5) is 0 Å². The van der Waals surface area contributed by atoms with Gasteiger partial charge in [-0.3, -0.25) is 0 Å². The molecule has 0 fully saturated rings. The fourth-order valence-electron chi connectivity index (χ4n) is 3.92. The number of rotatable bonds is 6. The van der Waals surface area contributed by atoms with Crippen LogP contribution in [0.2, 0.25) is 0 Å². The van der Waals surface area contributed by atoms with Crippen molar-refractivity contribution in [2.75, 3.05) is 13.7 Å². The first kappa shape index (κ1) is 16.7. The number of hydrogen-bond donors (Lipinski definition) is 2. The number of aromatic nitrogens is 2. The fraction of sp³-hybridized carbons (Fsp3) is 0.273. The maximum atomic E-state index is 6.20. The van der Waals surface area contributed by atoms with Crippen LogP contribution in [0.3, 0.4) is 0 Å². The molecule has 2 aromatic heterocycles. The molecule has 2 heterocycles. The van der Waals surface area contributed by atoms with E-state index in [4.69, 9.17) is 10.5 Å². The maximum absolute atomic E-state index is 6.20. The molecule has 0 spiro atoms. The van der Waals surface area contributed by atoms with Gasteiger partial charge in [0.15, 0.2) is 0 Å². The van der Waals surface area contributed by atoms with Crippen LogP contribution in [0.25, 0.3) is 21.8 Å². The van der Waals surface area contributed by atoms with Gasteiger partial charge in [0.25, 0.3) is 0 Å². The van der Waals surface area contributed by atoms with E-state index in [0.717, 1.165) is 24.2 Å². The molecule has 1 atom stereocenters. The van der Waals surface area contributed by atoms with Crippen LogP contribution in [0.15, 0.2) is 54.9 Å². The van der Waals surface area contributed by atoms with Crippen molar-refractivity contribution in [3.8, 4) is 5.75 Å². The van der Waals surface area contributed by atoms with Crippen molar-refractivity contribution in [1.82, 2.24) is 9.55 Å². The van der Waals surface area contributed by atoms with Crippen LogP contribution in [0.1, 0.15) is 24.0 Å². The van der Waals surface area contributed by atoms with E-state index in [9.17, 15) is 0 Å². The summed E-state index contributed by atoms with van der Waals surface area (Å²) in [5, 5.41) is 2.52. The van der Waals surface area contributed by atoms with E-state index < -0.39 is 0 Å². The molecule has 2 aromatic carbocycles. The number of nitrogens with two attached hydrogens (primary N) is 1. The molecule has 4 aromatic rings. The first-order chi connectivity index (χ1) is 12.7. The molecule has 3 N–H and O–H groups in total. The summed E-state index contributed by atoms with van der Waals surface area (Å²) < 4.78 is 7.72. The Morgan fingerprint density at radius 2 is 2.00 bits per heavy atom. The molecule has 0 amide bonds. The molecule has 134 valence electrons. The van der Waals surface area contributed by atoms with Crippen molar-refractivity contribution in [2.45, 2.75) is 25.8 Å². The molecule has 0 saturated heterocycles. The lowest BCUT2D eigenvalue weighted by atomic mass is 9.91. The number of ether oxygens (including phenoxy) is 1. The average molecular weight is 347 g/mol. The Balaban J connectivity index is 1.75. The van der Waals surface area contributed by atoms with Gasteiger partial charge in [0.05, 0.1) is 7.11 Å². The third-order valence-corrected chi connectivity index (χ3v) is 5.32. The molecular weight excluding hydrogens is 322 g/mol. The van der Waals surface area contributed by atoms with Crippen molar-refractivity contribution >= 4 is 21.8 Å². The Hall–Kier alpha value is -2.72. The summed E-state index contributed by atoms with van der Waals surface area (Å²) in [6, 6.07) is 14.8. The molecule has 0 radical (unpaired) electrons. The number of nitrogens with one attached hydrogen (secondary N) is 1. The minimum Gasteiger partial charge on any atom is -0.497 e. The first-order valence-electron chi connectivity index (χ1n) is 9.17. The molecule has 0 aliphatic heterocycles. The summed E-state index contributed by atoms with van der Waals surface area (Å²) in [7, 11) is 1.70. The number of benzene rings is 2. The monoisotopic (exact) mass is 347 g/mol. The van der Waals surface area contributed by atoms with Gasteiger partial charge in [0.2, 0.25) is 0 Å². The fourth-order valence-corrected chi connectivity index (χ4v) is 3.92. The number of hydrogen-bond acceptors (Lipinski definition) is 2. The van der Waals surface area contributed by atoms with Gasteiger partial charge < -0.3 is 20.0 Å². The van der Waals surface area contributed by atoms with E-state index in [0.29, 0.717) is 6.54 Å². The summed E-state index contributed by atoms with van der Waals surface area (Å²) >= 11 is 0. The zero-order chi connectivity index (χ0) is 18.1. The van der Waals surface area contributed by atoms with Crippen LogP contribution in [-0.4, -0.2) is 23.2 Å². The van der Waals surface area contributed by atoms with Crippen LogP contribution < -0.4 is 10.5 Å². The summed E-state index contributed by atoms with van der Waals surface area (Å²) in [4.78, 5) is 3.38. The molecular formula is C22H25N3O. The molecule has 0 aliphatic rings. The van der Waals surface area contributed by atoms with Crippen molar-refractivity contribution in [2.24, 2.45) is 5.73 Å². The van der Waals surface area contributed by atoms with E-state index in [2.05, 4.69) is 65.3 Å². The molecule has 4 rings (SSSR count). The Labute approximate surface area is 153 Å². The van der Waals surface area contributed by atoms with E-state index in [1.54, 1.807) is 7.11 Å². The van der Waals surface area contributed by atoms with Crippen LogP contribution >= 0.6 is 0 Å². The SMILES string of the molecule is CCn1cc(CC(CN)c2c[nH]c3ccc(OC)cc23)c2ccccc21. The second-order valence-corrected chi connectivity index (χ2v) is 6.75. The number of aromatic amines is 1. The lowest BCUT2D eigenvalue weighted by molar-refractivity contribution is 0.415. The standard InChI is InChI=1S/C22H25N3O/c1-3-25-14-16(18-6-4-5-7-22(18)25)10-15(12-23)20-13-24-21-9-8-17(26-2)11-19(20)21/h4-9,11,13-15,24H,3,10,12,23H2,1-2H3. The molecule has 0 bridgehead atoms. The summed E-state index contributed by atoms with van der Waals surface area (Å²) in [5.41, 5.74) is 11.2. The lowest BCUT2D eigenvalue weighted by Crippen LogP contribution is -2.14. The predicted octanol–water partition coefficient (Wildman–Crippen LogP) is 4.44. The predicted molar refractivity (Wildman–Crippen MR) is 108 cm³/mol. The third kappa shape index (κ3) is 2.76. The van der Waals surface area contributed by atoms with Crippen LogP contribution in [0, 0.1) is 0 Å². The number of fused-ring (bicyclic) bond motifs is 2. The highest BCUT2D eigenvalue weighted by atomic mass is 16.5. The molecule has 0 aliphatic carbocycles. The van der Waals surface area contributed by atoms with E-state index >= 15 is 0 Å². The van der Waals surface area contributed by atoms with Crippen molar-refractivity contribution < 1.29 is 4.74 Å². The largest absolute Gasteiger partial charge is 0.497 e. The lowest BCUT2D eigenvalue weighted by Gasteiger charge is -2.14. The topological polar surface area (TPSA) is 56.0 Å². The first-order valence-corrected chi connectivity index (χ1v) is 9.17. The normalized spacial score (nSPS) is 12.7. The van der Waals surface area contributed by atoms with E-state index in [-0.39, 0.29) is 5.92 Å². The van der Waals surface area contributed by atoms with Crippen molar-refractivity contribution in [3.63, 3.8) is 0 Å². The summed E-state index contributed by atoms with van der Waals surface area (Å²) in [6.07, 6.45) is 5.30. The Morgan fingerprint density at radius 1 is 1.15 bits per heavy atom. The number of methoxy groups -OCH3 is 1. The van der Waals surface area contributed by atoms with Crippen LogP contribution in [0.5, 0.6) is 5.75 Å². The van der Waals surface area contributed by atoms with E-state index in [1.807, 2.05) is 6.07 Å². The van der Waals surface area contributed by atoms with E-state index in [1.165, 1.54) is 27.4 Å². The second-order valence-electron chi connectivity index (χ2n) is 6.75. The van der Waals surface area contributed by atoms with Gasteiger partial charge in [-0.2, -0.15) is 0 Å². The van der Waals surface area contributed by atoms with Gasteiger partial charge in [-0.1, -0.05) is 18.2 Å². The molecule has 1 unspecified atom stereocenters. The van der Waals surface area contributed by atoms with Gasteiger partial charge in [-0.05, 0) is 55.3 Å². The summed E-state index contributed by atoms with van der Waals surface area (Å²) in [6.45, 7) is 3.76. The number of para-hydroxylation sites is 1. The van der Waals surface area contributed by atoms with Gasteiger partial charge >= 0.3 is 0 Å². The zero-order valence-corrected chi connectivity index (χ0v) is 15.3. The highest BCUT2D eigenvalue weighted by Gasteiger charge is 2.18. The van der Waals surface area contributed by atoms with Crippen molar-refractivity contribution in [3.05, 3.63) is 66.0 Å². The average Bonchev–Trinajstić information content (AvgIpc) is 3.27. The Kier molecular flexibility index (Phi) is 4.43. The minimum absolute atomic E-state index is 0.256. The molecule has 0 saturated carbocycles. The second kappa shape index (κ2) is 6.89. The van der Waals surface area contributed by atoms with Crippen molar-refractivity contribution in [1.29, 1.82) is 0 Å². The van der Waals surface area contributed by atoms with Gasteiger partial charge in [-0.15, -0.1) is 0 Å². The third-order valence-electron chi connectivity index (χ3n) is 5.32. The smallest absolute Gasteiger partial charge is 0.119 e. The quantitative estimate of drug-likeness (QED) is 0.542. The highest BCUT2D eigenvalue weighted by molar-refractivity contribution is 5.86. The maximum Gasteiger partial charge on any atom is 0.119 e. The van der Waals surface area contributed by atoms with Gasteiger partial charge in [0, 0.05) is 46.7 Å². The molecule has 4 nitrogen and oxygen atoms in total. The van der Waals surface area contributed by atoms with Gasteiger partial charge in [0.1, 0.15) is 5.75 Å². The number of nitrogens with zero attached hydrogens (tertiary/aromatic N) is 1. The number of aryl methyl sites for hydroxylation is 1. The van der Waals surface area contributed by atoms with Gasteiger partial charge in [-0.25, -0.2) is 0 Å². The Morgan fingerprint density at radius 3 is 2.77 bits per heavy atom. The highest BCUT2D eigenvalue weighted by Crippen LogP contribution is 2.32. The zero-order valence-electron chi connectivity index (χ0n) is 15.3. The minimum atomic E-state index is 0.256. The Bertz CT molecular complexity index is 1040. The molecule has 26 heavy (non-hydrogen) atoms.